The lowest BCUT2D eigenvalue weighted by atomic mass is 10.9. The van der Waals surface area contributed by atoms with Crippen LogP contribution < -0.4 is 0 Å². The van der Waals surface area contributed by atoms with Gasteiger partial charge in [-0.2, -0.15) is 0 Å². The predicted molar refractivity (Wildman–Crippen MR) is 52.2 cm³/mol. The van der Waals surface area contributed by atoms with Crippen LogP contribution in [-0.2, 0) is 9.22 Å². The molecule has 0 aliphatic carbocycles. The lowest BCUT2D eigenvalue weighted by Gasteiger charge is -2.20. The predicted octanol–water partition coefficient (Wildman–Crippen LogP) is 2.05. The number of carbonyl (C=O) groups excluding carboxylic acids is 1. The smallest absolute Gasteiger partial charge is 0.196 e. The summed E-state index contributed by atoms with van der Waals surface area (Å²) in [5.41, 5.74) is 0. The van der Waals surface area contributed by atoms with Crippen LogP contribution in [-0.4, -0.2) is 25.4 Å². The Bertz CT molecular complexity index is 136. The maximum Gasteiger partial charge on any atom is 0.196 e. The van der Waals surface area contributed by atoms with Crippen molar-refractivity contribution < 1.29 is 9.22 Å². The molecule has 0 aromatic carbocycles. The Labute approximate surface area is 73.8 Å². The summed E-state index contributed by atoms with van der Waals surface area (Å²) in [6, 6.07) is 0. The molecule has 0 heterocycles. The van der Waals surface area contributed by atoms with E-state index in [4.69, 9.17) is 4.43 Å². The van der Waals surface area contributed by atoms with Gasteiger partial charge in [-0.3, -0.25) is 4.79 Å². The summed E-state index contributed by atoms with van der Waals surface area (Å²) in [5.74, 6) is 0. The third-order valence-electron chi connectivity index (χ3n) is 1.16. The van der Waals surface area contributed by atoms with Crippen molar-refractivity contribution in [2.24, 2.45) is 0 Å². The third kappa shape index (κ3) is 6.59. The fourth-order valence-corrected chi connectivity index (χ4v) is 4.03. The molecule has 0 aliphatic rings. The standard InChI is InChI=1S/C7H16O2SSi/c1-5-9-11(3,4)6-10-7(2)8/h5-6H2,1-4H3. The Morgan fingerprint density at radius 1 is 1.55 bits per heavy atom. The van der Waals surface area contributed by atoms with Crippen LogP contribution in [0.5, 0.6) is 0 Å². The minimum absolute atomic E-state index is 0.185. The highest BCUT2D eigenvalue weighted by Crippen LogP contribution is 2.13. The Morgan fingerprint density at radius 2 is 2.09 bits per heavy atom. The fourth-order valence-electron chi connectivity index (χ4n) is 0.708. The van der Waals surface area contributed by atoms with Crippen LogP contribution in [0.4, 0.5) is 0 Å². The number of thioether (sulfide) groups is 1. The number of hydrogen-bond acceptors (Lipinski definition) is 3. The van der Waals surface area contributed by atoms with Crippen LogP contribution in [0.25, 0.3) is 0 Å². The molecule has 0 saturated heterocycles. The van der Waals surface area contributed by atoms with Crippen LogP contribution >= 0.6 is 11.8 Å². The van der Waals surface area contributed by atoms with Gasteiger partial charge in [-0.05, 0) is 20.0 Å². The van der Waals surface area contributed by atoms with Gasteiger partial charge in [0.2, 0.25) is 0 Å². The van der Waals surface area contributed by atoms with Gasteiger partial charge in [0.1, 0.15) is 0 Å². The van der Waals surface area contributed by atoms with Crippen LogP contribution in [0.2, 0.25) is 13.1 Å². The first-order chi connectivity index (χ1) is 4.98. The van der Waals surface area contributed by atoms with Gasteiger partial charge in [-0.25, -0.2) is 0 Å². The minimum Gasteiger partial charge on any atom is -0.417 e. The van der Waals surface area contributed by atoms with E-state index < -0.39 is 8.32 Å². The number of hydrogen-bond donors (Lipinski definition) is 0. The molecule has 0 atom stereocenters. The maximum absolute atomic E-state index is 10.6. The first kappa shape index (κ1) is 11.2. The fraction of sp³-hybridized carbons (Fsp3) is 0.857. The minimum atomic E-state index is -1.52. The quantitative estimate of drug-likeness (QED) is 0.638. The molecule has 0 radical (unpaired) electrons. The van der Waals surface area contributed by atoms with Crippen molar-refractivity contribution in [2.45, 2.75) is 26.9 Å². The van der Waals surface area contributed by atoms with E-state index in [0.29, 0.717) is 0 Å². The summed E-state index contributed by atoms with van der Waals surface area (Å²) < 4.78 is 5.55. The Balaban J connectivity index is 3.63. The second kappa shape index (κ2) is 4.95. The van der Waals surface area contributed by atoms with E-state index in [-0.39, 0.29) is 5.12 Å². The molecule has 0 N–H and O–H groups in total. The number of rotatable bonds is 4. The molecular weight excluding hydrogens is 176 g/mol. The van der Waals surface area contributed by atoms with Crippen molar-refractivity contribution >= 4 is 25.2 Å². The monoisotopic (exact) mass is 192 g/mol. The molecule has 0 amide bonds. The van der Waals surface area contributed by atoms with Crippen LogP contribution in [0.1, 0.15) is 13.8 Å². The topological polar surface area (TPSA) is 26.3 Å². The second-order valence-corrected chi connectivity index (χ2v) is 8.80. The Morgan fingerprint density at radius 3 is 2.45 bits per heavy atom. The molecule has 66 valence electrons. The average Bonchev–Trinajstić information content (AvgIpc) is 1.84. The van der Waals surface area contributed by atoms with Gasteiger partial charge in [0.25, 0.3) is 0 Å². The molecule has 0 aromatic heterocycles. The molecule has 0 aliphatic heterocycles. The summed E-state index contributed by atoms with van der Waals surface area (Å²) in [6.45, 7) is 8.62. The first-order valence-corrected chi connectivity index (χ1v) is 7.85. The molecule has 0 aromatic rings. The van der Waals surface area contributed by atoms with Gasteiger partial charge in [0.05, 0.1) is 0 Å². The van der Waals surface area contributed by atoms with Crippen molar-refractivity contribution in [1.82, 2.24) is 0 Å². The van der Waals surface area contributed by atoms with Gasteiger partial charge in [0, 0.05) is 18.9 Å². The molecule has 0 fully saturated rings. The third-order valence-corrected chi connectivity index (χ3v) is 5.99. The summed E-state index contributed by atoms with van der Waals surface area (Å²) in [6.07, 6.45) is 0. The van der Waals surface area contributed by atoms with Gasteiger partial charge in [-0.15, -0.1) is 0 Å². The van der Waals surface area contributed by atoms with Gasteiger partial charge < -0.3 is 4.43 Å². The Hall–Kier alpha value is 0.197. The van der Waals surface area contributed by atoms with Crippen LogP contribution in [0.15, 0.2) is 0 Å². The molecule has 0 saturated carbocycles. The highest BCUT2D eigenvalue weighted by Gasteiger charge is 2.22. The van der Waals surface area contributed by atoms with Gasteiger partial charge in [0.15, 0.2) is 13.4 Å². The van der Waals surface area contributed by atoms with Gasteiger partial charge >= 0.3 is 0 Å². The van der Waals surface area contributed by atoms with E-state index >= 15 is 0 Å². The van der Waals surface area contributed by atoms with E-state index in [1.54, 1.807) is 6.92 Å². The lowest BCUT2D eigenvalue weighted by Crippen LogP contribution is -2.34. The number of carbonyl (C=O) groups is 1. The summed E-state index contributed by atoms with van der Waals surface area (Å²) in [5, 5.41) is 1.06. The van der Waals surface area contributed by atoms with Crippen molar-refractivity contribution in [3.05, 3.63) is 0 Å². The zero-order chi connectivity index (χ0) is 8.91. The maximum atomic E-state index is 10.6. The van der Waals surface area contributed by atoms with Crippen LogP contribution in [0.3, 0.4) is 0 Å². The van der Waals surface area contributed by atoms with Crippen LogP contribution in [0, 0.1) is 0 Å². The van der Waals surface area contributed by atoms with Crippen molar-refractivity contribution in [1.29, 1.82) is 0 Å². The first-order valence-electron chi connectivity index (χ1n) is 3.75. The molecule has 0 bridgehead atoms. The van der Waals surface area contributed by atoms with E-state index in [1.807, 2.05) is 6.92 Å². The molecule has 11 heavy (non-hydrogen) atoms. The van der Waals surface area contributed by atoms with E-state index in [0.717, 1.165) is 12.0 Å². The zero-order valence-corrected chi connectivity index (χ0v) is 9.46. The largest absolute Gasteiger partial charge is 0.417 e. The highest BCUT2D eigenvalue weighted by atomic mass is 32.2. The SMILES string of the molecule is CCO[Si](C)(C)CSC(C)=O. The van der Waals surface area contributed by atoms with Crippen molar-refractivity contribution in [3.8, 4) is 0 Å². The molecule has 0 unspecified atom stereocenters. The summed E-state index contributed by atoms with van der Waals surface area (Å²) in [4.78, 5) is 10.6. The second-order valence-electron chi connectivity index (χ2n) is 2.97. The molecular formula is C7H16O2SSi. The molecule has 2 nitrogen and oxygen atoms in total. The normalized spacial score (nSPS) is 11.6. The van der Waals surface area contributed by atoms with Crippen molar-refractivity contribution in [2.75, 3.05) is 12.0 Å². The van der Waals surface area contributed by atoms with E-state index in [9.17, 15) is 4.79 Å². The summed E-state index contributed by atoms with van der Waals surface area (Å²) in [7, 11) is -1.52. The Kier molecular flexibility index (Phi) is 5.04. The van der Waals surface area contributed by atoms with Crippen molar-refractivity contribution in [3.63, 3.8) is 0 Å². The van der Waals surface area contributed by atoms with E-state index in [2.05, 4.69) is 13.1 Å². The lowest BCUT2D eigenvalue weighted by molar-refractivity contribution is -0.109. The average molecular weight is 192 g/mol. The molecule has 0 rings (SSSR count). The molecule has 4 heteroatoms. The van der Waals surface area contributed by atoms with Gasteiger partial charge in [-0.1, -0.05) is 11.8 Å². The molecule has 0 spiro atoms. The summed E-state index contributed by atoms with van der Waals surface area (Å²) >= 11 is 1.38. The highest BCUT2D eigenvalue weighted by molar-refractivity contribution is 8.14. The zero-order valence-electron chi connectivity index (χ0n) is 7.64. The van der Waals surface area contributed by atoms with E-state index in [1.165, 1.54) is 11.8 Å².